The molecule has 0 aromatic heterocycles. The number of carbonyl (C=O) groups is 1. The Labute approximate surface area is 167 Å². The first kappa shape index (κ1) is 21.8. The standard InChI is InChI=1S/C21H28N2O4S/c1-15(2)27-19-8-6-7-18(12-19)13-22-21(24)14-23(28(5,25)26)20-10-9-16(3)11-17(20)4/h6-12,15H,13-14H2,1-5H3,(H,22,24). The SMILES string of the molecule is Cc1ccc(N(CC(=O)NCc2cccc(OC(C)C)c2)S(C)(=O)=O)c(C)c1. The molecule has 7 heteroatoms. The lowest BCUT2D eigenvalue weighted by molar-refractivity contribution is -0.119. The van der Waals surface area contributed by atoms with E-state index in [1.807, 2.05) is 64.1 Å². The summed E-state index contributed by atoms with van der Waals surface area (Å²) in [5.74, 6) is 0.357. The molecule has 152 valence electrons. The van der Waals surface area contributed by atoms with E-state index < -0.39 is 10.0 Å². The molecule has 0 saturated heterocycles. The predicted octanol–water partition coefficient (Wildman–Crippen LogP) is 3.17. The summed E-state index contributed by atoms with van der Waals surface area (Å²) in [6.07, 6.45) is 1.16. The van der Waals surface area contributed by atoms with Crippen molar-refractivity contribution in [3.63, 3.8) is 0 Å². The van der Waals surface area contributed by atoms with E-state index in [0.29, 0.717) is 12.2 Å². The van der Waals surface area contributed by atoms with Crippen molar-refractivity contribution in [3.05, 3.63) is 59.2 Å². The topological polar surface area (TPSA) is 75.7 Å². The van der Waals surface area contributed by atoms with Crippen molar-refractivity contribution in [2.75, 3.05) is 17.1 Å². The lowest BCUT2D eigenvalue weighted by atomic mass is 10.1. The largest absolute Gasteiger partial charge is 0.491 e. The van der Waals surface area contributed by atoms with Crippen LogP contribution in [0.15, 0.2) is 42.5 Å². The average molecular weight is 405 g/mol. The van der Waals surface area contributed by atoms with Crippen LogP contribution in [0.5, 0.6) is 5.75 Å². The van der Waals surface area contributed by atoms with Crippen LogP contribution < -0.4 is 14.4 Å². The van der Waals surface area contributed by atoms with Crippen molar-refractivity contribution in [2.45, 2.75) is 40.3 Å². The molecular formula is C21H28N2O4S. The maximum Gasteiger partial charge on any atom is 0.241 e. The van der Waals surface area contributed by atoms with E-state index in [1.165, 1.54) is 0 Å². The van der Waals surface area contributed by atoms with Gasteiger partial charge in [-0.15, -0.1) is 0 Å². The van der Waals surface area contributed by atoms with E-state index in [1.54, 1.807) is 6.07 Å². The quantitative estimate of drug-likeness (QED) is 0.733. The summed E-state index contributed by atoms with van der Waals surface area (Å²) in [7, 11) is -3.60. The van der Waals surface area contributed by atoms with Crippen LogP contribution in [-0.2, 0) is 21.4 Å². The number of aryl methyl sites for hydroxylation is 2. The second-order valence-corrected chi connectivity index (χ2v) is 9.06. The van der Waals surface area contributed by atoms with Gasteiger partial charge in [-0.1, -0.05) is 29.8 Å². The number of hydrogen-bond donors (Lipinski definition) is 1. The zero-order chi connectivity index (χ0) is 20.9. The van der Waals surface area contributed by atoms with Crippen LogP contribution in [0.3, 0.4) is 0 Å². The van der Waals surface area contributed by atoms with Crippen LogP contribution in [0.2, 0.25) is 0 Å². The second-order valence-electron chi connectivity index (χ2n) is 7.15. The third-order valence-electron chi connectivity index (χ3n) is 4.07. The Bertz CT molecular complexity index is 939. The van der Waals surface area contributed by atoms with Crippen LogP contribution in [0.25, 0.3) is 0 Å². The maximum absolute atomic E-state index is 12.4. The molecule has 2 rings (SSSR count). The van der Waals surface area contributed by atoms with E-state index >= 15 is 0 Å². The molecule has 0 aliphatic rings. The van der Waals surface area contributed by atoms with Crippen LogP contribution in [0, 0.1) is 13.8 Å². The fourth-order valence-corrected chi connectivity index (χ4v) is 3.77. The Morgan fingerprint density at radius 3 is 2.46 bits per heavy atom. The smallest absolute Gasteiger partial charge is 0.241 e. The summed E-state index contributed by atoms with van der Waals surface area (Å²) < 4.78 is 31.3. The van der Waals surface area contributed by atoms with E-state index in [0.717, 1.165) is 33.0 Å². The summed E-state index contributed by atoms with van der Waals surface area (Å²) in [4.78, 5) is 12.4. The molecule has 0 fully saturated rings. The molecule has 0 saturated carbocycles. The Balaban J connectivity index is 2.09. The number of ether oxygens (including phenoxy) is 1. The van der Waals surface area contributed by atoms with Crippen molar-refractivity contribution in [1.82, 2.24) is 5.32 Å². The molecule has 2 aromatic carbocycles. The predicted molar refractivity (Wildman–Crippen MR) is 112 cm³/mol. The normalized spacial score (nSPS) is 11.4. The zero-order valence-electron chi connectivity index (χ0n) is 17.0. The average Bonchev–Trinajstić information content (AvgIpc) is 2.57. The molecule has 0 aliphatic heterocycles. The Hall–Kier alpha value is -2.54. The van der Waals surface area contributed by atoms with Crippen molar-refractivity contribution >= 4 is 21.6 Å². The number of carbonyl (C=O) groups excluding carboxylic acids is 1. The number of sulfonamides is 1. The monoisotopic (exact) mass is 404 g/mol. The third kappa shape index (κ3) is 6.27. The minimum atomic E-state index is -3.60. The minimum absolute atomic E-state index is 0.0610. The number of rotatable bonds is 8. The minimum Gasteiger partial charge on any atom is -0.491 e. The summed E-state index contributed by atoms with van der Waals surface area (Å²) in [5.41, 5.74) is 3.22. The van der Waals surface area contributed by atoms with Crippen molar-refractivity contribution in [1.29, 1.82) is 0 Å². The molecule has 1 N–H and O–H groups in total. The van der Waals surface area contributed by atoms with Crippen LogP contribution in [-0.4, -0.2) is 33.2 Å². The number of nitrogens with one attached hydrogen (secondary N) is 1. The van der Waals surface area contributed by atoms with Gasteiger partial charge in [0.2, 0.25) is 15.9 Å². The summed E-state index contributed by atoms with van der Waals surface area (Å²) >= 11 is 0. The third-order valence-corrected chi connectivity index (χ3v) is 5.19. The van der Waals surface area contributed by atoms with Gasteiger partial charge in [0.05, 0.1) is 18.0 Å². The van der Waals surface area contributed by atoms with Gasteiger partial charge in [0.15, 0.2) is 0 Å². The van der Waals surface area contributed by atoms with Gasteiger partial charge in [-0.05, 0) is 57.0 Å². The maximum atomic E-state index is 12.4. The highest BCUT2D eigenvalue weighted by Gasteiger charge is 2.22. The molecule has 0 unspecified atom stereocenters. The Morgan fingerprint density at radius 1 is 1.14 bits per heavy atom. The highest BCUT2D eigenvalue weighted by molar-refractivity contribution is 7.92. The van der Waals surface area contributed by atoms with Gasteiger partial charge in [-0.2, -0.15) is 0 Å². The number of benzene rings is 2. The van der Waals surface area contributed by atoms with Gasteiger partial charge in [-0.25, -0.2) is 8.42 Å². The molecule has 0 heterocycles. The van der Waals surface area contributed by atoms with Gasteiger partial charge >= 0.3 is 0 Å². The molecule has 0 radical (unpaired) electrons. The van der Waals surface area contributed by atoms with Crippen molar-refractivity contribution in [2.24, 2.45) is 0 Å². The molecule has 0 atom stereocenters. The highest BCUT2D eigenvalue weighted by atomic mass is 32.2. The molecule has 2 aromatic rings. The lowest BCUT2D eigenvalue weighted by Crippen LogP contribution is -2.40. The first-order chi connectivity index (χ1) is 13.1. The first-order valence-corrected chi connectivity index (χ1v) is 11.0. The van der Waals surface area contributed by atoms with E-state index in [2.05, 4.69) is 5.32 Å². The van der Waals surface area contributed by atoms with Gasteiger partial charge in [-0.3, -0.25) is 9.10 Å². The van der Waals surface area contributed by atoms with Gasteiger partial charge < -0.3 is 10.1 Å². The first-order valence-electron chi connectivity index (χ1n) is 9.13. The zero-order valence-corrected chi connectivity index (χ0v) is 17.8. The molecule has 0 spiro atoms. The van der Waals surface area contributed by atoms with Gasteiger partial charge in [0, 0.05) is 6.54 Å². The molecule has 28 heavy (non-hydrogen) atoms. The van der Waals surface area contributed by atoms with Gasteiger partial charge in [0.25, 0.3) is 0 Å². The molecule has 0 bridgehead atoms. The highest BCUT2D eigenvalue weighted by Crippen LogP contribution is 2.23. The molecular weight excluding hydrogens is 376 g/mol. The summed E-state index contributed by atoms with van der Waals surface area (Å²) in [6, 6.07) is 12.9. The number of amides is 1. The fraction of sp³-hybridized carbons (Fsp3) is 0.381. The summed E-state index contributed by atoms with van der Waals surface area (Å²) in [6.45, 7) is 7.68. The van der Waals surface area contributed by atoms with Gasteiger partial charge in [0.1, 0.15) is 12.3 Å². The molecule has 6 nitrogen and oxygen atoms in total. The van der Waals surface area contributed by atoms with E-state index in [4.69, 9.17) is 4.74 Å². The number of nitrogens with zero attached hydrogens (tertiary/aromatic N) is 1. The number of anilines is 1. The number of hydrogen-bond acceptors (Lipinski definition) is 4. The van der Waals surface area contributed by atoms with E-state index in [-0.39, 0.29) is 18.6 Å². The van der Waals surface area contributed by atoms with Crippen molar-refractivity contribution < 1.29 is 17.9 Å². The van der Waals surface area contributed by atoms with Crippen LogP contribution in [0.4, 0.5) is 5.69 Å². The summed E-state index contributed by atoms with van der Waals surface area (Å²) in [5, 5.41) is 2.78. The molecule has 1 amide bonds. The lowest BCUT2D eigenvalue weighted by Gasteiger charge is -2.24. The molecule has 0 aliphatic carbocycles. The van der Waals surface area contributed by atoms with Crippen molar-refractivity contribution in [3.8, 4) is 5.75 Å². The van der Waals surface area contributed by atoms with Crippen LogP contribution >= 0.6 is 0 Å². The Morgan fingerprint density at radius 2 is 1.86 bits per heavy atom. The Kier molecular flexibility index (Phi) is 7.07. The van der Waals surface area contributed by atoms with E-state index in [9.17, 15) is 13.2 Å². The fourth-order valence-electron chi connectivity index (χ4n) is 2.85. The van der Waals surface area contributed by atoms with Crippen LogP contribution in [0.1, 0.15) is 30.5 Å². The second kappa shape index (κ2) is 9.10.